The lowest BCUT2D eigenvalue weighted by molar-refractivity contribution is -0.145. The third kappa shape index (κ3) is 11.2. The van der Waals surface area contributed by atoms with Crippen molar-refractivity contribution in [1.29, 1.82) is 0 Å². The molecule has 0 heterocycles. The molecule has 0 bridgehead atoms. The molecule has 1 atom stereocenters. The van der Waals surface area contributed by atoms with Gasteiger partial charge in [-0.3, -0.25) is 0 Å². The first-order valence-corrected chi connectivity index (χ1v) is 16.2. The first kappa shape index (κ1) is 32.6. The summed E-state index contributed by atoms with van der Waals surface area (Å²) in [4.78, 5) is 38.2. The number of alkyl carbamates (subject to hydrolysis) is 1. The molecule has 224 valence electrons. The van der Waals surface area contributed by atoms with Crippen LogP contribution in [0.1, 0.15) is 74.1 Å². The van der Waals surface area contributed by atoms with Gasteiger partial charge in [0.25, 0.3) is 0 Å². The van der Waals surface area contributed by atoms with Gasteiger partial charge in [0.1, 0.15) is 17.2 Å². The number of amides is 1. The number of carbonyl (C=O) groups excluding carboxylic acids is 3. The quantitative estimate of drug-likeness (QED) is 0.128. The predicted molar refractivity (Wildman–Crippen MR) is 168 cm³/mol. The van der Waals surface area contributed by atoms with E-state index in [-0.39, 0.29) is 13.0 Å². The predicted octanol–water partition coefficient (Wildman–Crippen LogP) is 6.00. The Bertz CT molecular complexity index is 1260. The van der Waals surface area contributed by atoms with E-state index in [4.69, 9.17) is 14.2 Å². The summed E-state index contributed by atoms with van der Waals surface area (Å²) in [5.74, 6) is -0.951. The van der Waals surface area contributed by atoms with Crippen LogP contribution in [-0.2, 0) is 25.4 Å². The number of ether oxygens (including phenoxy) is 3. The summed E-state index contributed by atoms with van der Waals surface area (Å²) in [6.45, 7) is 11.0. The number of esters is 2. The Morgan fingerprint density at radius 1 is 0.738 bits per heavy atom. The Hall–Kier alpha value is -3.91. The molecule has 7 nitrogen and oxygen atoms in total. The minimum Gasteiger partial charge on any atom is -0.464 e. The van der Waals surface area contributed by atoms with E-state index in [1.54, 1.807) is 45.0 Å². The highest BCUT2D eigenvalue weighted by molar-refractivity contribution is 6.39. The molecular weight excluding hydrogens is 546 g/mol. The zero-order chi connectivity index (χ0) is 30.8. The van der Waals surface area contributed by atoms with E-state index >= 15 is 0 Å². The summed E-state index contributed by atoms with van der Waals surface area (Å²) in [6, 6.07) is 27.4. The molecule has 0 aliphatic carbocycles. The van der Waals surface area contributed by atoms with Gasteiger partial charge < -0.3 is 19.5 Å². The van der Waals surface area contributed by atoms with Crippen molar-refractivity contribution in [2.45, 2.75) is 76.8 Å². The fourth-order valence-corrected chi connectivity index (χ4v) is 6.38. The van der Waals surface area contributed by atoms with Crippen molar-refractivity contribution in [3.63, 3.8) is 0 Å². The van der Waals surface area contributed by atoms with Crippen LogP contribution in [0.2, 0.25) is 6.04 Å². The van der Waals surface area contributed by atoms with Crippen molar-refractivity contribution in [3.8, 4) is 0 Å². The Morgan fingerprint density at radius 3 is 1.76 bits per heavy atom. The van der Waals surface area contributed by atoms with E-state index in [1.807, 2.05) is 57.2 Å². The van der Waals surface area contributed by atoms with E-state index < -0.39 is 44.8 Å². The number of rotatable bonds is 11. The maximum Gasteiger partial charge on any atom is 0.408 e. The molecular formula is C34H43NO6Si. The van der Waals surface area contributed by atoms with Crippen molar-refractivity contribution in [1.82, 2.24) is 5.32 Å². The SMILES string of the molecule is CC(C)(C)OC(=O)NC(Cc1ccc(C(=O)OC(C)(C)C)cc1)C(=O)OCC[SiH2]C(c1ccccc1)c1ccccc1. The molecule has 0 spiro atoms. The van der Waals surface area contributed by atoms with E-state index in [2.05, 4.69) is 29.6 Å². The van der Waals surface area contributed by atoms with Gasteiger partial charge >= 0.3 is 18.0 Å². The third-order valence-electron chi connectivity index (χ3n) is 6.29. The summed E-state index contributed by atoms with van der Waals surface area (Å²) >= 11 is 0. The van der Waals surface area contributed by atoms with Crippen molar-refractivity contribution in [2.75, 3.05) is 6.61 Å². The summed E-state index contributed by atoms with van der Waals surface area (Å²) in [5, 5.41) is 2.68. The van der Waals surface area contributed by atoms with Gasteiger partial charge in [-0.2, -0.15) is 0 Å². The van der Waals surface area contributed by atoms with Gasteiger partial charge in [-0.1, -0.05) is 72.8 Å². The summed E-state index contributed by atoms with van der Waals surface area (Å²) in [6.07, 6.45) is -0.516. The van der Waals surface area contributed by atoms with Crippen molar-refractivity contribution in [3.05, 3.63) is 107 Å². The fraction of sp³-hybridized carbons (Fsp3) is 0.382. The smallest absolute Gasteiger partial charge is 0.408 e. The summed E-state index contributed by atoms with van der Waals surface area (Å²) < 4.78 is 16.5. The molecule has 8 heteroatoms. The summed E-state index contributed by atoms with van der Waals surface area (Å²) in [5.41, 5.74) is 2.68. The van der Waals surface area contributed by atoms with Gasteiger partial charge in [-0.05, 0) is 82.0 Å². The molecule has 0 aromatic heterocycles. The topological polar surface area (TPSA) is 90.9 Å². The highest BCUT2D eigenvalue weighted by Crippen LogP contribution is 2.24. The number of nitrogens with one attached hydrogen (secondary N) is 1. The highest BCUT2D eigenvalue weighted by atomic mass is 28.2. The number of benzene rings is 3. The molecule has 1 N–H and O–H groups in total. The van der Waals surface area contributed by atoms with Gasteiger partial charge in [-0.25, -0.2) is 14.4 Å². The van der Waals surface area contributed by atoms with Crippen molar-refractivity contribution in [2.24, 2.45) is 0 Å². The zero-order valence-electron chi connectivity index (χ0n) is 25.5. The van der Waals surface area contributed by atoms with Gasteiger partial charge in [0.05, 0.1) is 12.2 Å². The largest absolute Gasteiger partial charge is 0.464 e. The van der Waals surface area contributed by atoms with Gasteiger partial charge in [-0.15, -0.1) is 0 Å². The molecule has 1 unspecified atom stereocenters. The van der Waals surface area contributed by atoms with Crippen molar-refractivity contribution >= 4 is 27.6 Å². The molecule has 1 amide bonds. The maximum atomic E-state index is 13.2. The zero-order valence-corrected chi connectivity index (χ0v) is 26.9. The number of hydrogen-bond acceptors (Lipinski definition) is 6. The molecule has 3 aromatic rings. The first-order valence-electron chi connectivity index (χ1n) is 14.4. The van der Waals surface area contributed by atoms with Crippen LogP contribution in [0.5, 0.6) is 0 Å². The average molecular weight is 590 g/mol. The molecule has 3 rings (SSSR count). The molecule has 42 heavy (non-hydrogen) atoms. The normalized spacial score (nSPS) is 12.6. The van der Waals surface area contributed by atoms with Gasteiger partial charge in [0.15, 0.2) is 0 Å². The minimum absolute atomic E-state index is 0.181. The van der Waals surface area contributed by atoms with Gasteiger partial charge in [0, 0.05) is 15.9 Å². The lowest BCUT2D eigenvalue weighted by Crippen LogP contribution is -2.45. The van der Waals surface area contributed by atoms with Crippen LogP contribution in [0.25, 0.3) is 0 Å². The van der Waals surface area contributed by atoms with Gasteiger partial charge in [0.2, 0.25) is 0 Å². The summed E-state index contributed by atoms with van der Waals surface area (Å²) in [7, 11) is -0.699. The standard InChI is InChI=1S/C34H43NO6Si/c1-33(2,3)40-30(36)27-19-17-24(18-20-27)23-28(35-32(38)41-34(4,5)6)31(37)39-21-22-42-29(25-13-9-7-10-14-25)26-15-11-8-12-16-26/h7-20,28-29H,21-23,42H2,1-6H3,(H,35,38). The highest BCUT2D eigenvalue weighted by Gasteiger charge is 2.26. The Labute approximate surface area is 251 Å². The minimum atomic E-state index is -0.951. The number of carbonyl (C=O) groups is 3. The van der Waals surface area contributed by atoms with E-state index in [9.17, 15) is 14.4 Å². The second-order valence-corrected chi connectivity index (χ2v) is 14.4. The Morgan fingerprint density at radius 2 is 1.26 bits per heavy atom. The molecule has 3 aromatic carbocycles. The molecule has 0 aliphatic rings. The molecule has 0 aliphatic heterocycles. The van der Waals surface area contributed by atoms with Crippen LogP contribution < -0.4 is 5.32 Å². The lowest BCUT2D eigenvalue weighted by Gasteiger charge is -2.23. The third-order valence-corrected chi connectivity index (χ3v) is 8.51. The van der Waals surface area contributed by atoms with E-state index in [1.165, 1.54) is 11.1 Å². The lowest BCUT2D eigenvalue weighted by atomic mass is 10.0. The van der Waals surface area contributed by atoms with Crippen LogP contribution >= 0.6 is 0 Å². The average Bonchev–Trinajstić information content (AvgIpc) is 2.92. The Balaban J connectivity index is 1.65. The molecule has 0 saturated carbocycles. The molecule has 0 saturated heterocycles. The first-order chi connectivity index (χ1) is 19.8. The monoisotopic (exact) mass is 589 g/mol. The van der Waals surface area contributed by atoms with Crippen LogP contribution in [0, 0.1) is 0 Å². The van der Waals surface area contributed by atoms with Crippen LogP contribution in [-0.4, -0.2) is 51.4 Å². The van der Waals surface area contributed by atoms with Crippen LogP contribution in [0.3, 0.4) is 0 Å². The molecule has 0 fully saturated rings. The van der Waals surface area contributed by atoms with E-state index in [0.29, 0.717) is 11.1 Å². The van der Waals surface area contributed by atoms with Crippen LogP contribution in [0.15, 0.2) is 84.9 Å². The Kier molecular flexibility index (Phi) is 11.5. The second kappa shape index (κ2) is 14.8. The molecule has 0 radical (unpaired) electrons. The number of hydrogen-bond donors (Lipinski definition) is 1. The second-order valence-electron chi connectivity index (χ2n) is 12.3. The fourth-order valence-electron chi connectivity index (χ4n) is 4.45. The van der Waals surface area contributed by atoms with E-state index in [0.717, 1.165) is 11.6 Å². The maximum absolute atomic E-state index is 13.2. The van der Waals surface area contributed by atoms with Crippen molar-refractivity contribution < 1.29 is 28.6 Å². The van der Waals surface area contributed by atoms with Crippen LogP contribution in [0.4, 0.5) is 4.79 Å².